The Kier molecular flexibility index (Phi) is 8.07. The van der Waals surface area contributed by atoms with Crippen molar-refractivity contribution in [1.29, 1.82) is 0 Å². The average molecular weight is 300 g/mol. The quantitative estimate of drug-likeness (QED) is 0.737. The number of carbonyl (C=O) groups excluding carboxylic acids is 1. The summed E-state index contributed by atoms with van der Waals surface area (Å²) in [4.78, 5) is 11.6. The molecular formula is C15H22ClNO3. The second kappa shape index (κ2) is 9.61. The van der Waals surface area contributed by atoms with E-state index < -0.39 is 0 Å². The molecule has 1 rings (SSSR count). The van der Waals surface area contributed by atoms with Gasteiger partial charge in [0, 0.05) is 18.2 Å². The number of halogens is 1. The van der Waals surface area contributed by atoms with Crippen molar-refractivity contribution in [2.75, 3.05) is 19.8 Å². The monoisotopic (exact) mass is 299 g/mol. The largest absolute Gasteiger partial charge is 0.493 e. The van der Waals surface area contributed by atoms with E-state index in [0.29, 0.717) is 36.3 Å². The summed E-state index contributed by atoms with van der Waals surface area (Å²) in [7, 11) is 0. The van der Waals surface area contributed by atoms with E-state index >= 15 is 0 Å². The first-order valence-corrected chi connectivity index (χ1v) is 7.29. The number of nitrogens with one attached hydrogen (secondary N) is 1. The number of aliphatic hydroxyl groups is 1. The van der Waals surface area contributed by atoms with Gasteiger partial charge in [0.25, 0.3) is 0 Å². The van der Waals surface area contributed by atoms with Crippen molar-refractivity contribution in [3.8, 4) is 5.75 Å². The van der Waals surface area contributed by atoms with Crippen molar-refractivity contribution < 1.29 is 14.6 Å². The number of benzene rings is 1. The van der Waals surface area contributed by atoms with Gasteiger partial charge >= 0.3 is 0 Å². The Morgan fingerprint density at radius 2 is 2.30 bits per heavy atom. The third kappa shape index (κ3) is 6.78. The first kappa shape index (κ1) is 16.8. The zero-order valence-electron chi connectivity index (χ0n) is 11.8. The predicted octanol–water partition coefficient (Wildman–Crippen LogP) is 2.63. The zero-order chi connectivity index (χ0) is 14.8. The molecule has 1 amide bonds. The number of hydrogen-bond acceptors (Lipinski definition) is 3. The van der Waals surface area contributed by atoms with Crippen LogP contribution in [0.1, 0.15) is 26.2 Å². The molecule has 1 unspecified atom stereocenters. The number of ether oxygens (including phenoxy) is 1. The Hall–Kier alpha value is -1.26. The van der Waals surface area contributed by atoms with Crippen molar-refractivity contribution in [3.05, 3.63) is 29.3 Å². The molecule has 0 aliphatic rings. The van der Waals surface area contributed by atoms with E-state index in [4.69, 9.17) is 21.4 Å². The fourth-order valence-corrected chi connectivity index (χ4v) is 1.98. The SMILES string of the molecule is CCC(CCO)CNC(=O)CCOc1cccc(Cl)c1. The third-order valence-electron chi connectivity index (χ3n) is 3.10. The molecule has 1 atom stereocenters. The molecule has 0 aromatic heterocycles. The molecule has 112 valence electrons. The molecule has 0 heterocycles. The first-order valence-electron chi connectivity index (χ1n) is 6.91. The lowest BCUT2D eigenvalue weighted by Crippen LogP contribution is -2.30. The summed E-state index contributed by atoms with van der Waals surface area (Å²) in [5, 5.41) is 12.4. The van der Waals surface area contributed by atoms with Gasteiger partial charge in [-0.15, -0.1) is 0 Å². The molecule has 4 nitrogen and oxygen atoms in total. The van der Waals surface area contributed by atoms with Crippen LogP contribution in [0.2, 0.25) is 5.02 Å². The first-order chi connectivity index (χ1) is 9.65. The van der Waals surface area contributed by atoms with E-state index in [2.05, 4.69) is 12.2 Å². The molecule has 0 fully saturated rings. The van der Waals surface area contributed by atoms with E-state index in [1.54, 1.807) is 24.3 Å². The van der Waals surface area contributed by atoms with Crippen molar-refractivity contribution in [2.24, 2.45) is 5.92 Å². The van der Waals surface area contributed by atoms with Gasteiger partial charge in [-0.25, -0.2) is 0 Å². The van der Waals surface area contributed by atoms with Crippen LogP contribution in [0.3, 0.4) is 0 Å². The smallest absolute Gasteiger partial charge is 0.223 e. The summed E-state index contributed by atoms with van der Waals surface area (Å²) >= 11 is 5.84. The number of amides is 1. The lowest BCUT2D eigenvalue weighted by Gasteiger charge is -2.14. The van der Waals surface area contributed by atoms with Gasteiger partial charge in [-0.3, -0.25) is 4.79 Å². The topological polar surface area (TPSA) is 58.6 Å². The number of aliphatic hydroxyl groups excluding tert-OH is 1. The second-order valence-electron chi connectivity index (χ2n) is 4.65. The molecule has 5 heteroatoms. The Bertz CT molecular complexity index is 412. The molecule has 1 aromatic rings. The maximum atomic E-state index is 11.6. The van der Waals surface area contributed by atoms with Crippen LogP contribution >= 0.6 is 11.6 Å². The number of rotatable bonds is 9. The fraction of sp³-hybridized carbons (Fsp3) is 0.533. The maximum Gasteiger partial charge on any atom is 0.223 e. The van der Waals surface area contributed by atoms with Gasteiger partial charge in [-0.05, 0) is 30.5 Å². The molecule has 0 aliphatic carbocycles. The highest BCUT2D eigenvalue weighted by atomic mass is 35.5. The summed E-state index contributed by atoms with van der Waals surface area (Å²) in [5.74, 6) is 0.957. The normalized spacial score (nSPS) is 11.9. The Morgan fingerprint density at radius 1 is 1.50 bits per heavy atom. The Morgan fingerprint density at radius 3 is 2.95 bits per heavy atom. The molecule has 0 aliphatic heterocycles. The molecular weight excluding hydrogens is 278 g/mol. The van der Waals surface area contributed by atoms with Crippen LogP contribution < -0.4 is 10.1 Å². The van der Waals surface area contributed by atoms with Crippen LogP contribution in [0.4, 0.5) is 0 Å². The number of carbonyl (C=O) groups is 1. The predicted molar refractivity (Wildman–Crippen MR) is 80.1 cm³/mol. The summed E-state index contributed by atoms with van der Waals surface area (Å²) in [6.45, 7) is 3.14. The van der Waals surface area contributed by atoms with E-state index in [-0.39, 0.29) is 12.5 Å². The Balaban J connectivity index is 2.20. The fourth-order valence-electron chi connectivity index (χ4n) is 1.80. The van der Waals surface area contributed by atoms with Gasteiger partial charge < -0.3 is 15.2 Å². The molecule has 0 saturated heterocycles. The summed E-state index contributed by atoms with van der Waals surface area (Å²) in [6, 6.07) is 7.09. The molecule has 20 heavy (non-hydrogen) atoms. The summed E-state index contributed by atoms with van der Waals surface area (Å²) in [6.07, 6.45) is 1.97. The molecule has 0 bridgehead atoms. The van der Waals surface area contributed by atoms with Crippen molar-refractivity contribution in [1.82, 2.24) is 5.32 Å². The molecule has 0 saturated carbocycles. The van der Waals surface area contributed by atoms with Crippen LogP contribution in [0, 0.1) is 5.92 Å². The van der Waals surface area contributed by atoms with Crippen molar-refractivity contribution >= 4 is 17.5 Å². The zero-order valence-corrected chi connectivity index (χ0v) is 12.5. The van der Waals surface area contributed by atoms with Crippen LogP contribution in [0.25, 0.3) is 0 Å². The van der Waals surface area contributed by atoms with Gasteiger partial charge in [0.15, 0.2) is 0 Å². The van der Waals surface area contributed by atoms with Crippen molar-refractivity contribution in [2.45, 2.75) is 26.2 Å². The Labute approximate surface area is 125 Å². The van der Waals surface area contributed by atoms with Crippen LogP contribution in [-0.4, -0.2) is 30.8 Å². The number of hydrogen-bond donors (Lipinski definition) is 2. The van der Waals surface area contributed by atoms with Gasteiger partial charge in [0.1, 0.15) is 5.75 Å². The highest BCUT2D eigenvalue weighted by Crippen LogP contribution is 2.17. The minimum Gasteiger partial charge on any atom is -0.493 e. The lowest BCUT2D eigenvalue weighted by atomic mass is 10.0. The molecule has 0 radical (unpaired) electrons. The minimum atomic E-state index is -0.0385. The van der Waals surface area contributed by atoms with E-state index in [9.17, 15) is 4.79 Å². The third-order valence-corrected chi connectivity index (χ3v) is 3.33. The minimum absolute atomic E-state index is 0.0385. The average Bonchev–Trinajstić information content (AvgIpc) is 2.43. The molecule has 2 N–H and O–H groups in total. The van der Waals surface area contributed by atoms with Gasteiger partial charge in [-0.1, -0.05) is 31.0 Å². The summed E-state index contributed by atoms with van der Waals surface area (Å²) in [5.41, 5.74) is 0. The molecule has 0 spiro atoms. The van der Waals surface area contributed by atoms with Crippen molar-refractivity contribution in [3.63, 3.8) is 0 Å². The highest BCUT2D eigenvalue weighted by molar-refractivity contribution is 6.30. The summed E-state index contributed by atoms with van der Waals surface area (Å²) < 4.78 is 5.45. The van der Waals surface area contributed by atoms with Gasteiger partial charge in [0.05, 0.1) is 13.0 Å². The van der Waals surface area contributed by atoms with Gasteiger partial charge in [-0.2, -0.15) is 0 Å². The molecule has 1 aromatic carbocycles. The van der Waals surface area contributed by atoms with Crippen LogP contribution in [0.15, 0.2) is 24.3 Å². The van der Waals surface area contributed by atoms with E-state index in [0.717, 1.165) is 12.8 Å². The maximum absolute atomic E-state index is 11.6. The van der Waals surface area contributed by atoms with Gasteiger partial charge in [0.2, 0.25) is 5.91 Å². The standard InChI is InChI=1S/C15H22ClNO3/c1-2-12(6-8-18)11-17-15(19)7-9-20-14-5-3-4-13(16)10-14/h3-5,10,12,18H,2,6-9,11H2,1H3,(H,17,19). The van der Waals surface area contributed by atoms with Crippen LogP contribution in [0.5, 0.6) is 5.75 Å². The van der Waals surface area contributed by atoms with Crippen LogP contribution in [-0.2, 0) is 4.79 Å². The van der Waals surface area contributed by atoms with E-state index in [1.165, 1.54) is 0 Å². The lowest BCUT2D eigenvalue weighted by molar-refractivity contribution is -0.121. The highest BCUT2D eigenvalue weighted by Gasteiger charge is 2.08. The van der Waals surface area contributed by atoms with E-state index in [1.807, 2.05) is 0 Å². The second-order valence-corrected chi connectivity index (χ2v) is 5.08.